The summed E-state index contributed by atoms with van der Waals surface area (Å²) in [5.74, 6) is -0.198. The molecule has 1 aromatic carbocycles. The summed E-state index contributed by atoms with van der Waals surface area (Å²) in [5, 5.41) is 17.9. The molecule has 2 aromatic rings. The number of carbonyl (C=O) groups excluding carboxylic acids is 2. The maximum atomic E-state index is 13.0. The quantitative estimate of drug-likeness (QED) is 0.564. The Kier molecular flexibility index (Phi) is 7.90. The van der Waals surface area contributed by atoms with Gasteiger partial charge in [-0.2, -0.15) is 0 Å². The minimum atomic E-state index is -0.572. The van der Waals surface area contributed by atoms with E-state index in [0.29, 0.717) is 13.0 Å². The van der Waals surface area contributed by atoms with E-state index in [1.165, 1.54) is 0 Å². The van der Waals surface area contributed by atoms with Gasteiger partial charge in [-0.05, 0) is 66.0 Å². The molecule has 1 heterocycles. The van der Waals surface area contributed by atoms with Gasteiger partial charge >= 0.3 is 0 Å². The van der Waals surface area contributed by atoms with Crippen LogP contribution in [-0.4, -0.2) is 34.1 Å². The highest BCUT2D eigenvalue weighted by Gasteiger charge is 2.53. The molecule has 0 saturated heterocycles. The lowest BCUT2D eigenvalue weighted by molar-refractivity contribution is -0.143. The second-order valence-corrected chi connectivity index (χ2v) is 11.0. The highest BCUT2D eigenvalue weighted by molar-refractivity contribution is 5.79. The monoisotopic (exact) mass is 477 g/mol. The van der Waals surface area contributed by atoms with Gasteiger partial charge in [-0.15, -0.1) is 0 Å². The minimum Gasteiger partial charge on any atom is -0.392 e. The van der Waals surface area contributed by atoms with E-state index in [2.05, 4.69) is 29.5 Å². The molecule has 2 aliphatic carbocycles. The topological polar surface area (TPSA) is 91.3 Å². The van der Waals surface area contributed by atoms with Crippen molar-refractivity contribution >= 4 is 11.8 Å². The summed E-state index contributed by atoms with van der Waals surface area (Å²) in [5.41, 5.74) is 1.99. The zero-order valence-electron chi connectivity index (χ0n) is 21.1. The molecule has 6 heteroatoms. The van der Waals surface area contributed by atoms with Gasteiger partial charge in [-0.3, -0.25) is 14.6 Å². The predicted molar refractivity (Wildman–Crippen MR) is 136 cm³/mol. The van der Waals surface area contributed by atoms with E-state index in [1.54, 1.807) is 12.4 Å². The number of hydrogen-bond acceptors (Lipinski definition) is 4. The zero-order valence-corrected chi connectivity index (χ0v) is 21.1. The van der Waals surface area contributed by atoms with Gasteiger partial charge in [0, 0.05) is 30.9 Å². The molecule has 1 aromatic heterocycles. The van der Waals surface area contributed by atoms with E-state index in [9.17, 15) is 14.7 Å². The molecular weight excluding hydrogens is 438 g/mol. The van der Waals surface area contributed by atoms with Gasteiger partial charge < -0.3 is 15.7 Å². The van der Waals surface area contributed by atoms with Gasteiger partial charge in [0.15, 0.2) is 0 Å². The number of nitrogens with zero attached hydrogens (tertiary/aromatic N) is 1. The van der Waals surface area contributed by atoms with Crippen LogP contribution in [0.3, 0.4) is 0 Å². The Bertz CT molecular complexity index is 999. The standard InChI is InChI=1S/C29H39N3O3/c1-19(28(35)31-18-22-10-7-15-30-17-22)23-11-13-29(3)14-12-24(20(2)26(29)27(23)34)32-25(33)16-21-8-5-4-6-9-21/h4-10,15,17,19-20,23-24,26-27,34H,11-14,16,18H2,1-3H3,(H,31,35)(H,32,33). The molecule has 2 amide bonds. The van der Waals surface area contributed by atoms with E-state index in [-0.39, 0.29) is 46.9 Å². The number of nitrogens with one attached hydrogen (secondary N) is 2. The Labute approximate surface area is 208 Å². The van der Waals surface area contributed by atoms with Gasteiger partial charge in [-0.25, -0.2) is 0 Å². The van der Waals surface area contributed by atoms with Crippen LogP contribution in [0.1, 0.15) is 57.6 Å². The molecule has 7 unspecified atom stereocenters. The number of pyridine rings is 1. The second-order valence-electron chi connectivity index (χ2n) is 11.0. The van der Waals surface area contributed by atoms with E-state index in [1.807, 2.05) is 49.4 Å². The first kappa shape index (κ1) is 25.4. The fourth-order valence-corrected chi connectivity index (χ4v) is 6.58. The van der Waals surface area contributed by atoms with Crippen LogP contribution in [0.15, 0.2) is 54.9 Å². The fourth-order valence-electron chi connectivity index (χ4n) is 6.58. The van der Waals surface area contributed by atoms with Crippen molar-refractivity contribution < 1.29 is 14.7 Å². The molecule has 4 rings (SSSR count). The van der Waals surface area contributed by atoms with E-state index in [0.717, 1.165) is 36.8 Å². The minimum absolute atomic E-state index is 0.0293. The van der Waals surface area contributed by atoms with Gasteiger partial charge in [-0.1, -0.05) is 57.2 Å². The molecule has 188 valence electrons. The van der Waals surface area contributed by atoms with Crippen molar-refractivity contribution in [3.05, 3.63) is 66.0 Å². The highest BCUT2D eigenvalue weighted by Crippen LogP contribution is 2.55. The van der Waals surface area contributed by atoms with Crippen LogP contribution in [0.25, 0.3) is 0 Å². The van der Waals surface area contributed by atoms with Crippen molar-refractivity contribution in [1.29, 1.82) is 0 Å². The summed E-state index contributed by atoms with van der Waals surface area (Å²) in [6.45, 7) is 6.81. The number of hydrogen-bond donors (Lipinski definition) is 3. The molecule has 2 saturated carbocycles. The summed E-state index contributed by atoms with van der Waals surface area (Å²) in [6.07, 6.45) is 7.00. The van der Waals surface area contributed by atoms with Crippen molar-refractivity contribution in [3.63, 3.8) is 0 Å². The predicted octanol–water partition coefficient (Wildman–Crippen LogP) is 3.88. The van der Waals surface area contributed by atoms with Crippen LogP contribution in [-0.2, 0) is 22.6 Å². The molecule has 6 nitrogen and oxygen atoms in total. The fraction of sp³-hybridized carbons (Fsp3) is 0.552. The average molecular weight is 478 g/mol. The molecule has 0 aliphatic heterocycles. The first-order chi connectivity index (χ1) is 16.8. The van der Waals surface area contributed by atoms with Crippen LogP contribution in [0.4, 0.5) is 0 Å². The molecule has 2 aliphatic rings. The lowest BCUT2D eigenvalue weighted by atomic mass is 9.51. The maximum absolute atomic E-state index is 13.0. The molecule has 0 bridgehead atoms. The Morgan fingerprint density at radius 3 is 2.54 bits per heavy atom. The van der Waals surface area contributed by atoms with Gasteiger partial charge in [0.1, 0.15) is 0 Å². The number of fused-ring (bicyclic) bond motifs is 1. The van der Waals surface area contributed by atoms with E-state index >= 15 is 0 Å². The summed E-state index contributed by atoms with van der Waals surface area (Å²) >= 11 is 0. The normalized spacial score (nSPS) is 31.1. The maximum Gasteiger partial charge on any atom is 0.224 e. The van der Waals surface area contributed by atoms with Crippen LogP contribution >= 0.6 is 0 Å². The van der Waals surface area contributed by atoms with Crippen molar-refractivity contribution in [1.82, 2.24) is 15.6 Å². The van der Waals surface area contributed by atoms with Crippen molar-refractivity contribution in [3.8, 4) is 0 Å². The number of aliphatic hydroxyl groups excluding tert-OH is 1. The van der Waals surface area contributed by atoms with Crippen molar-refractivity contribution in [2.45, 2.75) is 71.6 Å². The van der Waals surface area contributed by atoms with Crippen LogP contribution in [0.2, 0.25) is 0 Å². The molecule has 35 heavy (non-hydrogen) atoms. The van der Waals surface area contributed by atoms with Gasteiger partial charge in [0.25, 0.3) is 0 Å². The van der Waals surface area contributed by atoms with Crippen LogP contribution in [0.5, 0.6) is 0 Å². The zero-order chi connectivity index (χ0) is 25.0. The largest absolute Gasteiger partial charge is 0.392 e. The second kappa shape index (κ2) is 10.9. The average Bonchev–Trinajstić information content (AvgIpc) is 2.85. The number of amides is 2. The van der Waals surface area contributed by atoms with E-state index in [4.69, 9.17) is 0 Å². The van der Waals surface area contributed by atoms with Crippen molar-refractivity contribution in [2.24, 2.45) is 29.1 Å². The van der Waals surface area contributed by atoms with Gasteiger partial charge in [0.05, 0.1) is 12.5 Å². The molecule has 7 atom stereocenters. The lowest BCUT2D eigenvalue weighted by Gasteiger charge is -2.56. The number of rotatable bonds is 7. The highest BCUT2D eigenvalue weighted by atomic mass is 16.3. The Balaban J connectivity index is 1.39. The Morgan fingerprint density at radius 1 is 1.11 bits per heavy atom. The molecular formula is C29H39N3O3. The van der Waals surface area contributed by atoms with E-state index < -0.39 is 6.10 Å². The first-order valence-electron chi connectivity index (χ1n) is 13.0. The number of aliphatic hydroxyl groups is 1. The molecule has 3 N–H and O–H groups in total. The first-order valence-corrected chi connectivity index (χ1v) is 13.0. The molecule has 0 spiro atoms. The number of benzene rings is 1. The SMILES string of the molecule is CC(C(=O)NCc1cccnc1)C1CCC2(C)CCC(NC(=O)Cc3ccccc3)C(C)C2C1O. The molecule has 2 fully saturated rings. The summed E-state index contributed by atoms with van der Waals surface area (Å²) in [7, 11) is 0. The van der Waals surface area contributed by atoms with Crippen LogP contribution in [0, 0.1) is 29.1 Å². The Morgan fingerprint density at radius 2 is 1.83 bits per heavy atom. The third-order valence-electron chi connectivity index (χ3n) is 8.69. The Hall–Kier alpha value is -2.73. The third kappa shape index (κ3) is 5.75. The summed E-state index contributed by atoms with van der Waals surface area (Å²) in [6, 6.07) is 13.6. The van der Waals surface area contributed by atoms with Crippen molar-refractivity contribution in [2.75, 3.05) is 0 Å². The molecule has 0 radical (unpaired) electrons. The van der Waals surface area contributed by atoms with Crippen LogP contribution < -0.4 is 10.6 Å². The van der Waals surface area contributed by atoms with Gasteiger partial charge in [0.2, 0.25) is 11.8 Å². The lowest BCUT2D eigenvalue weighted by Crippen LogP contribution is -2.58. The summed E-state index contributed by atoms with van der Waals surface area (Å²) in [4.78, 5) is 29.8. The smallest absolute Gasteiger partial charge is 0.224 e. The number of carbonyl (C=O) groups is 2. The third-order valence-corrected chi connectivity index (χ3v) is 8.69. The summed E-state index contributed by atoms with van der Waals surface area (Å²) < 4.78 is 0. The number of aromatic nitrogens is 1.